The molecule has 0 atom stereocenters. The Bertz CT molecular complexity index is 477. The highest BCUT2D eigenvalue weighted by Crippen LogP contribution is 2.28. The highest BCUT2D eigenvalue weighted by atomic mass is 32.1. The predicted molar refractivity (Wildman–Crippen MR) is 71.8 cm³/mol. The summed E-state index contributed by atoms with van der Waals surface area (Å²) in [5.74, 6) is -1.20. The molecule has 1 aliphatic heterocycles. The van der Waals surface area contributed by atoms with Crippen LogP contribution >= 0.6 is 11.3 Å². The third-order valence-corrected chi connectivity index (χ3v) is 4.49. The molecule has 1 aromatic heterocycles. The zero-order chi connectivity index (χ0) is 13.9. The molecule has 1 aromatic rings. The van der Waals surface area contributed by atoms with E-state index < -0.39 is 5.97 Å². The van der Waals surface area contributed by atoms with E-state index in [2.05, 4.69) is 12.2 Å². The van der Waals surface area contributed by atoms with Crippen molar-refractivity contribution >= 4 is 23.2 Å². The van der Waals surface area contributed by atoms with Gasteiger partial charge in [-0.05, 0) is 30.4 Å². The zero-order valence-corrected chi connectivity index (χ0v) is 11.6. The molecule has 104 valence electrons. The molecule has 1 amide bonds. The number of nitrogens with one attached hydrogen (secondary N) is 1. The van der Waals surface area contributed by atoms with Crippen LogP contribution in [0.2, 0.25) is 0 Å². The first-order valence-corrected chi connectivity index (χ1v) is 7.01. The highest BCUT2D eigenvalue weighted by molar-refractivity contribution is 7.15. The minimum atomic E-state index is -1.000. The van der Waals surface area contributed by atoms with Crippen LogP contribution in [0.4, 0.5) is 0 Å². The molecule has 0 aromatic carbocycles. The normalized spacial score (nSPS) is 17.9. The molecule has 2 N–H and O–H groups in total. The highest BCUT2D eigenvalue weighted by Gasteiger charge is 2.28. The van der Waals surface area contributed by atoms with Crippen LogP contribution in [-0.4, -0.2) is 36.7 Å². The summed E-state index contributed by atoms with van der Waals surface area (Å²) in [6.45, 7) is 4.19. The largest absolute Gasteiger partial charge is 0.477 e. The number of aromatic carboxylic acids is 1. The van der Waals surface area contributed by atoms with Gasteiger partial charge < -0.3 is 15.2 Å². The van der Waals surface area contributed by atoms with E-state index in [1.807, 2.05) is 0 Å². The van der Waals surface area contributed by atoms with Crippen molar-refractivity contribution in [1.82, 2.24) is 5.32 Å². The van der Waals surface area contributed by atoms with E-state index in [1.165, 1.54) is 6.07 Å². The molecular formula is C13H17NO4S. The van der Waals surface area contributed by atoms with Gasteiger partial charge in [0.25, 0.3) is 5.91 Å². The van der Waals surface area contributed by atoms with Crippen molar-refractivity contribution < 1.29 is 19.4 Å². The molecule has 2 heterocycles. The number of carboxylic acid groups (broad SMARTS) is 1. The molecule has 0 saturated carbocycles. The van der Waals surface area contributed by atoms with Crippen LogP contribution in [0.15, 0.2) is 12.1 Å². The topological polar surface area (TPSA) is 75.6 Å². The minimum absolute atomic E-state index is 0.0702. The van der Waals surface area contributed by atoms with Crippen LogP contribution < -0.4 is 5.32 Å². The van der Waals surface area contributed by atoms with Gasteiger partial charge in [0.1, 0.15) is 4.88 Å². The number of hydrogen-bond donors (Lipinski definition) is 2. The second-order valence-electron chi connectivity index (χ2n) is 5.07. The van der Waals surface area contributed by atoms with Gasteiger partial charge >= 0.3 is 5.97 Å². The van der Waals surface area contributed by atoms with Gasteiger partial charge in [0.2, 0.25) is 0 Å². The summed E-state index contributed by atoms with van der Waals surface area (Å²) in [5, 5.41) is 11.7. The maximum Gasteiger partial charge on any atom is 0.345 e. The first kappa shape index (κ1) is 14.0. The third-order valence-electron chi connectivity index (χ3n) is 3.42. The fraction of sp³-hybridized carbons (Fsp3) is 0.538. The van der Waals surface area contributed by atoms with Crippen LogP contribution in [0.25, 0.3) is 0 Å². The molecule has 1 fully saturated rings. The number of thiophene rings is 1. The van der Waals surface area contributed by atoms with Crippen molar-refractivity contribution in [3.63, 3.8) is 0 Å². The average Bonchev–Trinajstić information content (AvgIpc) is 2.87. The summed E-state index contributed by atoms with van der Waals surface area (Å²) in [6, 6.07) is 3.01. The van der Waals surface area contributed by atoms with Crippen LogP contribution in [0, 0.1) is 5.41 Å². The molecule has 6 heteroatoms. The van der Waals surface area contributed by atoms with E-state index in [-0.39, 0.29) is 16.2 Å². The maximum absolute atomic E-state index is 11.9. The van der Waals surface area contributed by atoms with Gasteiger partial charge in [0.15, 0.2) is 0 Å². The first-order chi connectivity index (χ1) is 9.00. The standard InChI is InChI=1S/C13H17NO4S/c1-13(4-6-18-7-5-13)8-14-11(15)9-2-3-10(19-9)12(16)17/h2-3H,4-8H2,1H3,(H,14,15)(H,16,17). The average molecular weight is 283 g/mol. The van der Waals surface area contributed by atoms with Gasteiger partial charge in [0.05, 0.1) is 4.88 Å². The van der Waals surface area contributed by atoms with Crippen molar-refractivity contribution in [1.29, 1.82) is 0 Å². The fourth-order valence-corrected chi connectivity index (χ4v) is 2.76. The number of rotatable bonds is 4. The SMILES string of the molecule is CC1(CNC(=O)c2ccc(C(=O)O)s2)CCOCC1. The van der Waals surface area contributed by atoms with Gasteiger partial charge in [-0.15, -0.1) is 11.3 Å². The number of carbonyl (C=O) groups excluding carboxylic acids is 1. The van der Waals surface area contributed by atoms with E-state index >= 15 is 0 Å². The Morgan fingerprint density at radius 1 is 1.37 bits per heavy atom. The summed E-state index contributed by atoms with van der Waals surface area (Å²) < 4.78 is 5.31. The number of ether oxygens (including phenoxy) is 1. The monoisotopic (exact) mass is 283 g/mol. The van der Waals surface area contributed by atoms with E-state index in [0.29, 0.717) is 11.4 Å². The molecule has 19 heavy (non-hydrogen) atoms. The van der Waals surface area contributed by atoms with E-state index in [0.717, 1.165) is 37.4 Å². The van der Waals surface area contributed by atoms with Crippen LogP contribution in [-0.2, 0) is 4.74 Å². The molecule has 0 spiro atoms. The lowest BCUT2D eigenvalue weighted by Crippen LogP contribution is -2.39. The van der Waals surface area contributed by atoms with Gasteiger partial charge in [-0.3, -0.25) is 4.79 Å². The zero-order valence-electron chi connectivity index (χ0n) is 10.8. The molecular weight excluding hydrogens is 266 g/mol. The Labute approximate surface area is 115 Å². The molecule has 1 aliphatic rings. The summed E-state index contributed by atoms with van der Waals surface area (Å²) in [7, 11) is 0. The molecule has 1 saturated heterocycles. The van der Waals surface area contributed by atoms with Gasteiger partial charge in [-0.2, -0.15) is 0 Å². The minimum Gasteiger partial charge on any atom is -0.477 e. The molecule has 0 aliphatic carbocycles. The van der Waals surface area contributed by atoms with Crippen LogP contribution in [0.3, 0.4) is 0 Å². The van der Waals surface area contributed by atoms with Crippen molar-refractivity contribution in [2.45, 2.75) is 19.8 Å². The summed E-state index contributed by atoms with van der Waals surface area (Å²) in [6.07, 6.45) is 1.86. The Kier molecular flexibility index (Phi) is 4.21. The third kappa shape index (κ3) is 3.54. The number of hydrogen-bond acceptors (Lipinski definition) is 4. The molecule has 0 bridgehead atoms. The second-order valence-corrected chi connectivity index (χ2v) is 6.16. The number of carboxylic acids is 1. The van der Waals surface area contributed by atoms with Gasteiger partial charge in [-0.1, -0.05) is 6.92 Å². The van der Waals surface area contributed by atoms with Crippen molar-refractivity contribution in [3.8, 4) is 0 Å². The second kappa shape index (κ2) is 5.71. The summed E-state index contributed by atoms with van der Waals surface area (Å²) in [4.78, 5) is 23.3. The Balaban J connectivity index is 1.91. The maximum atomic E-state index is 11.9. The molecule has 2 rings (SSSR count). The molecule has 0 radical (unpaired) electrons. The number of carbonyl (C=O) groups is 2. The predicted octanol–water partition coefficient (Wildman–Crippen LogP) is 1.99. The fourth-order valence-electron chi connectivity index (χ4n) is 2.00. The Morgan fingerprint density at radius 2 is 2.00 bits per heavy atom. The lowest BCUT2D eigenvalue weighted by Gasteiger charge is -2.33. The van der Waals surface area contributed by atoms with E-state index in [4.69, 9.17) is 9.84 Å². The van der Waals surface area contributed by atoms with Crippen molar-refractivity contribution in [2.75, 3.05) is 19.8 Å². The molecule has 0 unspecified atom stereocenters. The van der Waals surface area contributed by atoms with Crippen molar-refractivity contribution in [3.05, 3.63) is 21.9 Å². The summed E-state index contributed by atoms with van der Waals surface area (Å²) in [5.41, 5.74) is 0.0702. The quantitative estimate of drug-likeness (QED) is 0.886. The van der Waals surface area contributed by atoms with Crippen molar-refractivity contribution in [2.24, 2.45) is 5.41 Å². The van der Waals surface area contributed by atoms with Gasteiger partial charge in [0, 0.05) is 19.8 Å². The van der Waals surface area contributed by atoms with Gasteiger partial charge in [-0.25, -0.2) is 4.79 Å². The van der Waals surface area contributed by atoms with Crippen LogP contribution in [0.5, 0.6) is 0 Å². The lowest BCUT2D eigenvalue weighted by atomic mass is 9.82. The first-order valence-electron chi connectivity index (χ1n) is 6.19. The van der Waals surface area contributed by atoms with E-state index in [1.54, 1.807) is 6.07 Å². The number of amides is 1. The Hall–Kier alpha value is -1.40. The smallest absolute Gasteiger partial charge is 0.345 e. The Morgan fingerprint density at radius 3 is 2.58 bits per heavy atom. The lowest BCUT2D eigenvalue weighted by molar-refractivity contribution is 0.0239. The van der Waals surface area contributed by atoms with E-state index in [9.17, 15) is 9.59 Å². The van der Waals surface area contributed by atoms with Crippen LogP contribution in [0.1, 0.15) is 39.1 Å². The molecule has 5 nitrogen and oxygen atoms in total. The summed E-state index contributed by atoms with van der Waals surface area (Å²) >= 11 is 0.998.